The molecular formula is C12H12N3O3+. The van der Waals surface area contributed by atoms with Crippen molar-refractivity contribution < 1.29 is 14.6 Å². The number of aliphatic hydroxyl groups is 1. The van der Waals surface area contributed by atoms with Gasteiger partial charge in [0.1, 0.15) is 6.61 Å². The molecule has 1 amide bonds. The van der Waals surface area contributed by atoms with Gasteiger partial charge in [0.15, 0.2) is 4.98 Å². The number of hydrogen-bond acceptors (Lipinski definition) is 4. The quantitative estimate of drug-likeness (QED) is 0.637. The first-order chi connectivity index (χ1) is 8.74. The second kappa shape index (κ2) is 5.29. The highest BCUT2D eigenvalue weighted by molar-refractivity contribution is 5.80. The van der Waals surface area contributed by atoms with Crippen molar-refractivity contribution in [3.63, 3.8) is 0 Å². The summed E-state index contributed by atoms with van der Waals surface area (Å²) in [5.41, 5.74) is 0.837. The van der Waals surface area contributed by atoms with Crippen molar-refractivity contribution in [2.75, 3.05) is 13.2 Å². The van der Waals surface area contributed by atoms with Gasteiger partial charge in [0, 0.05) is 0 Å². The van der Waals surface area contributed by atoms with Crippen molar-refractivity contribution in [3.05, 3.63) is 53.0 Å². The van der Waals surface area contributed by atoms with E-state index in [-0.39, 0.29) is 19.1 Å². The lowest BCUT2D eigenvalue weighted by Gasteiger charge is -2.33. The highest BCUT2D eigenvalue weighted by atomic mass is 16.5. The molecule has 1 saturated heterocycles. The molecule has 6 nitrogen and oxygen atoms in total. The van der Waals surface area contributed by atoms with Crippen LogP contribution in [-0.4, -0.2) is 29.1 Å². The van der Waals surface area contributed by atoms with E-state index in [0.717, 1.165) is 11.8 Å². The Labute approximate surface area is 104 Å². The number of carbonyl (C=O) groups excluding carboxylic acids is 1. The molecule has 6 heteroatoms. The van der Waals surface area contributed by atoms with Crippen LogP contribution in [0.3, 0.4) is 0 Å². The van der Waals surface area contributed by atoms with Gasteiger partial charge < -0.3 is 9.84 Å². The molecule has 92 valence electrons. The number of diazo groups is 1. The van der Waals surface area contributed by atoms with Crippen LogP contribution in [0.2, 0.25) is 0 Å². The zero-order valence-corrected chi connectivity index (χ0v) is 9.56. The van der Waals surface area contributed by atoms with Crippen LogP contribution in [0.1, 0.15) is 11.6 Å². The third kappa shape index (κ3) is 2.31. The smallest absolute Gasteiger partial charge is 0.409 e. The fourth-order valence-electron chi connectivity index (χ4n) is 1.90. The maximum atomic E-state index is 11.8. The molecule has 1 aromatic carbocycles. The van der Waals surface area contributed by atoms with Crippen molar-refractivity contribution in [1.29, 1.82) is 5.39 Å². The molecule has 0 spiro atoms. The average molecular weight is 246 g/mol. The molecule has 0 bridgehead atoms. The largest absolute Gasteiger partial charge is 0.489 e. The number of benzene rings is 1. The summed E-state index contributed by atoms with van der Waals surface area (Å²) >= 11 is 0. The number of carbonyl (C=O) groups is 1. The fourth-order valence-corrected chi connectivity index (χ4v) is 1.90. The molecule has 1 heterocycles. The summed E-state index contributed by atoms with van der Waals surface area (Å²) in [6.07, 6.45) is 0.819. The Kier molecular flexibility index (Phi) is 3.55. The summed E-state index contributed by atoms with van der Waals surface area (Å²) in [4.78, 5) is 15.7. The first-order valence-corrected chi connectivity index (χ1v) is 5.42. The molecule has 0 unspecified atom stereocenters. The second-order valence-electron chi connectivity index (χ2n) is 3.81. The van der Waals surface area contributed by atoms with E-state index in [0.29, 0.717) is 0 Å². The second-order valence-corrected chi connectivity index (χ2v) is 3.81. The lowest BCUT2D eigenvalue weighted by molar-refractivity contribution is -0.148. The van der Waals surface area contributed by atoms with E-state index in [2.05, 4.69) is 4.98 Å². The lowest BCUT2D eigenvalue weighted by atomic mass is 10.1. The minimum atomic E-state index is -0.426. The first-order valence-electron chi connectivity index (χ1n) is 5.42. The molecule has 18 heavy (non-hydrogen) atoms. The van der Waals surface area contributed by atoms with E-state index in [9.17, 15) is 9.90 Å². The monoisotopic (exact) mass is 246 g/mol. The fraction of sp³-hybridized carbons (Fsp3) is 0.250. The van der Waals surface area contributed by atoms with Gasteiger partial charge in [-0.15, -0.1) is 0 Å². The Bertz CT molecular complexity index is 507. The number of amides is 1. The Morgan fingerprint density at radius 2 is 2.22 bits per heavy atom. The van der Waals surface area contributed by atoms with Gasteiger partial charge in [-0.25, -0.2) is 0 Å². The molecule has 2 rings (SSSR count). The highest BCUT2D eigenvalue weighted by Crippen LogP contribution is 2.27. The summed E-state index contributed by atoms with van der Waals surface area (Å²) < 4.78 is 5.18. The standard InChI is InChI=1S/C12H11N3O3/c13-14-6-11(16)15-10(7-18-8-12(15)17)9-4-2-1-3-5-9/h1-6,10H,7-8H2/p+1/b11-6-/t10-/m1/s1. The number of ether oxygens (including phenoxy) is 1. The predicted octanol–water partition coefficient (Wildman–Crippen LogP) is 1.80. The molecule has 1 fully saturated rings. The summed E-state index contributed by atoms with van der Waals surface area (Å²) in [5.74, 6) is -0.785. The van der Waals surface area contributed by atoms with E-state index in [1.807, 2.05) is 30.3 Å². The van der Waals surface area contributed by atoms with Crippen LogP contribution in [-0.2, 0) is 9.53 Å². The van der Waals surface area contributed by atoms with Gasteiger partial charge >= 0.3 is 6.20 Å². The summed E-state index contributed by atoms with van der Waals surface area (Å²) in [6, 6.07) is 8.78. The molecule has 0 saturated carbocycles. The topological polar surface area (TPSA) is 77.9 Å². The third-order valence-electron chi connectivity index (χ3n) is 2.69. The number of hydrogen-bond donors (Lipinski definition) is 1. The number of rotatable bonds is 2. The van der Waals surface area contributed by atoms with Gasteiger partial charge in [-0.3, -0.25) is 9.69 Å². The van der Waals surface area contributed by atoms with Crippen LogP contribution in [0.15, 0.2) is 42.4 Å². The molecule has 1 aliphatic rings. The maximum absolute atomic E-state index is 11.8. The van der Waals surface area contributed by atoms with Crippen molar-refractivity contribution in [3.8, 4) is 0 Å². The Morgan fingerprint density at radius 1 is 1.50 bits per heavy atom. The van der Waals surface area contributed by atoms with Gasteiger partial charge in [-0.05, 0) is 5.56 Å². The zero-order valence-electron chi connectivity index (χ0n) is 9.56. The van der Waals surface area contributed by atoms with E-state index in [4.69, 9.17) is 10.1 Å². The van der Waals surface area contributed by atoms with Crippen LogP contribution in [0.25, 0.3) is 4.98 Å². The van der Waals surface area contributed by atoms with Gasteiger partial charge in [0.25, 0.3) is 11.8 Å². The van der Waals surface area contributed by atoms with Crippen molar-refractivity contribution in [1.82, 2.24) is 4.90 Å². The van der Waals surface area contributed by atoms with E-state index in [1.165, 1.54) is 4.90 Å². The normalized spacial score (nSPS) is 20.6. The average Bonchev–Trinajstić information content (AvgIpc) is 2.39. The molecule has 0 radical (unpaired) electrons. The molecule has 0 aromatic heterocycles. The summed E-state index contributed by atoms with van der Waals surface area (Å²) in [6.45, 7) is 0.172. The zero-order chi connectivity index (χ0) is 13.0. The van der Waals surface area contributed by atoms with E-state index in [1.54, 1.807) is 0 Å². The van der Waals surface area contributed by atoms with Gasteiger partial charge in [-0.2, -0.15) is 0 Å². The van der Waals surface area contributed by atoms with E-state index < -0.39 is 11.9 Å². The highest BCUT2D eigenvalue weighted by Gasteiger charge is 2.34. The Balaban J connectivity index is 2.35. The number of nitrogens with zero attached hydrogens (tertiary/aromatic N) is 3. The maximum Gasteiger partial charge on any atom is 0.409 e. The molecular weight excluding hydrogens is 234 g/mol. The number of morpholine rings is 1. The minimum absolute atomic E-state index is 0.105. The molecule has 1 N–H and O–H groups in total. The molecule has 1 aromatic rings. The van der Waals surface area contributed by atoms with E-state index >= 15 is 0 Å². The third-order valence-corrected chi connectivity index (χ3v) is 2.69. The van der Waals surface area contributed by atoms with Crippen molar-refractivity contribution in [2.24, 2.45) is 0 Å². The predicted molar refractivity (Wildman–Crippen MR) is 62.6 cm³/mol. The SMILES string of the molecule is N#[N+]/C=C(\O)N1C(=O)COC[C@@H]1c1ccccc1. The van der Waals surface area contributed by atoms with Gasteiger partial charge in [-0.1, -0.05) is 30.3 Å². The summed E-state index contributed by atoms with van der Waals surface area (Å²) in [7, 11) is 0. The van der Waals surface area contributed by atoms with Crippen LogP contribution < -0.4 is 0 Å². The molecule has 1 atom stereocenters. The Morgan fingerprint density at radius 3 is 2.89 bits per heavy atom. The van der Waals surface area contributed by atoms with Crippen molar-refractivity contribution in [2.45, 2.75) is 6.04 Å². The minimum Gasteiger partial charge on any atom is -0.489 e. The van der Waals surface area contributed by atoms with Crippen LogP contribution in [0.4, 0.5) is 0 Å². The first kappa shape index (κ1) is 12.1. The van der Waals surface area contributed by atoms with Gasteiger partial charge in [0.2, 0.25) is 5.39 Å². The van der Waals surface area contributed by atoms with Crippen LogP contribution in [0.5, 0.6) is 0 Å². The summed E-state index contributed by atoms with van der Waals surface area (Å²) in [5, 5.41) is 18.2. The Hall–Kier alpha value is -2.39. The lowest BCUT2D eigenvalue weighted by Crippen LogP contribution is -2.43. The van der Waals surface area contributed by atoms with Gasteiger partial charge in [0.05, 0.1) is 12.6 Å². The van der Waals surface area contributed by atoms with Crippen LogP contribution in [0, 0.1) is 5.39 Å². The molecule has 0 aliphatic carbocycles. The van der Waals surface area contributed by atoms with Crippen molar-refractivity contribution >= 4 is 5.91 Å². The number of aliphatic hydroxyl groups excluding tert-OH is 1. The van der Waals surface area contributed by atoms with Crippen LogP contribution >= 0.6 is 0 Å². The molecule has 1 aliphatic heterocycles.